The first kappa shape index (κ1) is 11.9. The molecule has 3 aromatic rings. The van der Waals surface area contributed by atoms with Crippen LogP contribution in [0.2, 0.25) is 0 Å². The van der Waals surface area contributed by atoms with E-state index >= 15 is 0 Å². The van der Waals surface area contributed by atoms with Crippen LogP contribution in [0.25, 0.3) is 22.9 Å². The molecule has 0 atom stereocenters. The van der Waals surface area contributed by atoms with E-state index in [4.69, 9.17) is 4.42 Å². The van der Waals surface area contributed by atoms with Crippen molar-refractivity contribution in [3.63, 3.8) is 0 Å². The highest BCUT2D eigenvalue weighted by atomic mass is 32.2. The molecule has 0 radical (unpaired) electrons. The molecular weight excluding hydrogens is 258 g/mol. The lowest BCUT2D eigenvalue weighted by Crippen LogP contribution is -1.78. The maximum atomic E-state index is 5.66. The van der Waals surface area contributed by atoms with Crippen LogP contribution in [0.4, 0.5) is 0 Å². The SMILES string of the molecule is CSc1ccc(-c2nnc(-c3cccnc3)o2)cc1. The minimum absolute atomic E-state index is 0.483. The quantitative estimate of drug-likeness (QED) is 0.681. The Balaban J connectivity index is 1.92. The Morgan fingerprint density at radius 2 is 1.68 bits per heavy atom. The van der Waals surface area contributed by atoms with Gasteiger partial charge in [0.2, 0.25) is 11.8 Å². The molecule has 94 valence electrons. The molecule has 0 amide bonds. The zero-order valence-corrected chi connectivity index (χ0v) is 11.1. The van der Waals surface area contributed by atoms with Gasteiger partial charge in [-0.3, -0.25) is 4.98 Å². The molecule has 0 unspecified atom stereocenters. The summed E-state index contributed by atoms with van der Waals surface area (Å²) in [5.74, 6) is 1.00. The first-order valence-electron chi connectivity index (χ1n) is 5.75. The standard InChI is InChI=1S/C14H11N3OS/c1-19-12-6-4-10(5-7-12)13-16-17-14(18-13)11-3-2-8-15-9-11/h2-9H,1H3. The molecule has 4 nitrogen and oxygen atoms in total. The Hall–Kier alpha value is -2.14. The highest BCUT2D eigenvalue weighted by molar-refractivity contribution is 7.98. The van der Waals surface area contributed by atoms with Gasteiger partial charge in [0.05, 0.1) is 5.56 Å². The Labute approximate surface area is 114 Å². The summed E-state index contributed by atoms with van der Waals surface area (Å²) in [5.41, 5.74) is 1.74. The summed E-state index contributed by atoms with van der Waals surface area (Å²) in [5, 5.41) is 8.11. The van der Waals surface area contributed by atoms with Crippen LogP contribution >= 0.6 is 11.8 Å². The van der Waals surface area contributed by atoms with Crippen molar-refractivity contribution in [3.05, 3.63) is 48.8 Å². The lowest BCUT2D eigenvalue weighted by Gasteiger charge is -1.97. The van der Waals surface area contributed by atoms with Crippen LogP contribution in [0, 0.1) is 0 Å². The molecule has 0 saturated heterocycles. The molecule has 0 aliphatic heterocycles. The molecular formula is C14H11N3OS. The van der Waals surface area contributed by atoms with Gasteiger partial charge in [-0.25, -0.2) is 0 Å². The Morgan fingerprint density at radius 3 is 2.32 bits per heavy atom. The van der Waals surface area contributed by atoms with E-state index in [-0.39, 0.29) is 0 Å². The summed E-state index contributed by atoms with van der Waals surface area (Å²) in [6.07, 6.45) is 5.46. The van der Waals surface area contributed by atoms with Gasteiger partial charge in [0.15, 0.2) is 0 Å². The van der Waals surface area contributed by atoms with Gasteiger partial charge in [-0.15, -0.1) is 22.0 Å². The second-order valence-electron chi connectivity index (χ2n) is 3.88. The van der Waals surface area contributed by atoms with Gasteiger partial charge < -0.3 is 4.42 Å². The normalized spacial score (nSPS) is 10.6. The second kappa shape index (κ2) is 5.24. The molecule has 19 heavy (non-hydrogen) atoms. The summed E-state index contributed by atoms with van der Waals surface area (Å²) in [6.45, 7) is 0. The second-order valence-corrected chi connectivity index (χ2v) is 4.76. The van der Waals surface area contributed by atoms with Gasteiger partial charge >= 0.3 is 0 Å². The molecule has 5 heteroatoms. The molecule has 1 aromatic carbocycles. The van der Waals surface area contributed by atoms with E-state index in [2.05, 4.69) is 15.2 Å². The smallest absolute Gasteiger partial charge is 0.249 e. The third-order valence-corrected chi connectivity index (χ3v) is 3.41. The maximum absolute atomic E-state index is 5.66. The van der Waals surface area contributed by atoms with E-state index < -0.39 is 0 Å². The molecule has 0 N–H and O–H groups in total. The topological polar surface area (TPSA) is 51.8 Å². The first-order chi connectivity index (χ1) is 9.36. The highest BCUT2D eigenvalue weighted by Gasteiger charge is 2.10. The minimum atomic E-state index is 0.483. The summed E-state index contributed by atoms with van der Waals surface area (Å²) < 4.78 is 5.66. The molecule has 2 aromatic heterocycles. The number of aromatic nitrogens is 3. The average molecular weight is 269 g/mol. The Morgan fingerprint density at radius 1 is 0.947 bits per heavy atom. The van der Waals surface area contributed by atoms with Crippen LogP contribution in [0.3, 0.4) is 0 Å². The van der Waals surface area contributed by atoms with Crippen molar-refractivity contribution in [3.8, 4) is 22.9 Å². The summed E-state index contributed by atoms with van der Waals surface area (Å²) in [4.78, 5) is 5.24. The van der Waals surface area contributed by atoms with Crippen LogP contribution in [-0.4, -0.2) is 21.4 Å². The van der Waals surface area contributed by atoms with Gasteiger partial charge in [0.1, 0.15) is 0 Å². The summed E-state index contributed by atoms with van der Waals surface area (Å²) in [7, 11) is 0. The fourth-order valence-electron chi connectivity index (χ4n) is 1.68. The molecule has 0 aliphatic rings. The van der Waals surface area contributed by atoms with E-state index in [9.17, 15) is 0 Å². The number of benzene rings is 1. The van der Waals surface area contributed by atoms with Crippen LogP contribution < -0.4 is 0 Å². The molecule has 0 saturated carbocycles. The van der Waals surface area contributed by atoms with E-state index in [0.29, 0.717) is 11.8 Å². The first-order valence-corrected chi connectivity index (χ1v) is 6.97. The van der Waals surface area contributed by atoms with Crippen molar-refractivity contribution >= 4 is 11.8 Å². The van der Waals surface area contributed by atoms with Crippen LogP contribution in [-0.2, 0) is 0 Å². The zero-order chi connectivity index (χ0) is 13.1. The van der Waals surface area contributed by atoms with Crippen molar-refractivity contribution < 1.29 is 4.42 Å². The van der Waals surface area contributed by atoms with Crippen molar-refractivity contribution in [2.45, 2.75) is 4.90 Å². The number of hydrogen-bond donors (Lipinski definition) is 0. The van der Waals surface area contributed by atoms with Crippen molar-refractivity contribution in [2.24, 2.45) is 0 Å². The summed E-state index contributed by atoms with van der Waals surface area (Å²) >= 11 is 1.70. The fourth-order valence-corrected chi connectivity index (χ4v) is 2.09. The zero-order valence-electron chi connectivity index (χ0n) is 10.3. The molecule has 0 spiro atoms. The number of hydrogen-bond acceptors (Lipinski definition) is 5. The van der Waals surface area contributed by atoms with E-state index in [1.165, 1.54) is 4.90 Å². The van der Waals surface area contributed by atoms with Gasteiger partial charge in [-0.2, -0.15) is 0 Å². The Bertz CT molecular complexity index is 665. The lowest BCUT2D eigenvalue weighted by atomic mass is 10.2. The van der Waals surface area contributed by atoms with Gasteiger partial charge in [0.25, 0.3) is 0 Å². The average Bonchev–Trinajstić information content (AvgIpc) is 2.98. The fraction of sp³-hybridized carbons (Fsp3) is 0.0714. The van der Waals surface area contributed by atoms with Crippen LogP contribution in [0.1, 0.15) is 0 Å². The monoisotopic (exact) mass is 269 g/mol. The maximum Gasteiger partial charge on any atom is 0.249 e. The molecule has 0 bridgehead atoms. The molecule has 0 aliphatic carbocycles. The van der Waals surface area contributed by atoms with Crippen LogP contribution in [0.15, 0.2) is 58.1 Å². The number of thioether (sulfide) groups is 1. The third-order valence-electron chi connectivity index (χ3n) is 2.67. The van der Waals surface area contributed by atoms with Crippen molar-refractivity contribution in [1.29, 1.82) is 0 Å². The number of nitrogens with zero attached hydrogens (tertiary/aromatic N) is 3. The van der Waals surface area contributed by atoms with Gasteiger partial charge in [-0.05, 0) is 42.7 Å². The lowest BCUT2D eigenvalue weighted by molar-refractivity contribution is 0.584. The number of pyridine rings is 1. The minimum Gasteiger partial charge on any atom is -0.416 e. The predicted octanol–water partition coefficient (Wildman–Crippen LogP) is 3.52. The van der Waals surface area contributed by atoms with Gasteiger partial charge in [0, 0.05) is 22.9 Å². The third kappa shape index (κ3) is 2.51. The largest absolute Gasteiger partial charge is 0.416 e. The van der Waals surface area contributed by atoms with Gasteiger partial charge in [-0.1, -0.05) is 0 Å². The van der Waals surface area contributed by atoms with E-state index in [0.717, 1.165) is 11.1 Å². The molecule has 0 fully saturated rings. The van der Waals surface area contributed by atoms with Crippen LogP contribution in [0.5, 0.6) is 0 Å². The van der Waals surface area contributed by atoms with Crippen molar-refractivity contribution in [1.82, 2.24) is 15.2 Å². The Kier molecular flexibility index (Phi) is 3.29. The van der Waals surface area contributed by atoms with E-state index in [1.54, 1.807) is 24.2 Å². The van der Waals surface area contributed by atoms with Crippen molar-refractivity contribution in [2.75, 3.05) is 6.26 Å². The number of rotatable bonds is 3. The molecule has 3 rings (SSSR count). The highest BCUT2D eigenvalue weighted by Crippen LogP contribution is 2.25. The van der Waals surface area contributed by atoms with E-state index in [1.807, 2.05) is 42.7 Å². The molecule has 2 heterocycles. The predicted molar refractivity (Wildman–Crippen MR) is 74.7 cm³/mol. The summed E-state index contributed by atoms with van der Waals surface area (Å²) in [6, 6.07) is 11.8.